The van der Waals surface area contributed by atoms with Crippen molar-refractivity contribution in [2.45, 2.75) is 37.6 Å². The average Bonchev–Trinajstić information content (AvgIpc) is 3.28. The molecule has 2 aliphatic rings. The highest BCUT2D eigenvalue weighted by Gasteiger charge is 2.46. The van der Waals surface area contributed by atoms with E-state index in [1.807, 2.05) is 12.4 Å². The highest BCUT2D eigenvalue weighted by molar-refractivity contribution is 7.07. The largest absolute Gasteiger partial charge is 0.357 e. The number of hydrogen-bond donors (Lipinski definition) is 1. The first-order chi connectivity index (χ1) is 11.7. The molecule has 1 atom stereocenters. The first-order valence-corrected chi connectivity index (χ1v) is 9.29. The van der Waals surface area contributed by atoms with E-state index < -0.39 is 11.7 Å². The maximum absolute atomic E-state index is 12.1. The second-order valence-electron chi connectivity index (χ2n) is 6.53. The van der Waals surface area contributed by atoms with Gasteiger partial charge in [0.25, 0.3) is 5.91 Å². The van der Waals surface area contributed by atoms with E-state index in [2.05, 4.69) is 36.6 Å². The normalized spacial score (nSPS) is 23.1. The number of carbonyl (C=O) groups is 1. The lowest BCUT2D eigenvalue weighted by atomic mass is 9.88. The van der Waals surface area contributed by atoms with Gasteiger partial charge in [0.15, 0.2) is 6.10 Å². The lowest BCUT2D eigenvalue weighted by molar-refractivity contribution is -0.173. The third-order valence-corrected chi connectivity index (χ3v) is 5.77. The number of thiophene rings is 1. The molecule has 128 valence electrons. The number of piperidine rings is 1. The van der Waals surface area contributed by atoms with E-state index in [1.54, 1.807) is 18.4 Å². The molecular formula is C17H22N4O2S. The zero-order chi connectivity index (χ0) is 16.6. The van der Waals surface area contributed by atoms with Crippen molar-refractivity contribution in [1.29, 1.82) is 0 Å². The Morgan fingerprint density at radius 1 is 1.50 bits per heavy atom. The number of imidazole rings is 1. The lowest BCUT2D eigenvalue weighted by Gasteiger charge is -2.45. The smallest absolute Gasteiger partial charge is 0.250 e. The van der Waals surface area contributed by atoms with E-state index in [4.69, 9.17) is 4.74 Å². The van der Waals surface area contributed by atoms with Crippen LogP contribution < -0.4 is 5.32 Å². The third kappa shape index (κ3) is 2.76. The highest BCUT2D eigenvalue weighted by atomic mass is 32.1. The highest BCUT2D eigenvalue weighted by Crippen LogP contribution is 2.40. The first kappa shape index (κ1) is 15.8. The molecule has 1 saturated heterocycles. The monoisotopic (exact) mass is 346 g/mol. The van der Waals surface area contributed by atoms with Gasteiger partial charge in [-0.1, -0.05) is 0 Å². The van der Waals surface area contributed by atoms with E-state index in [0.717, 1.165) is 38.3 Å². The summed E-state index contributed by atoms with van der Waals surface area (Å²) in [5, 5.41) is 7.04. The minimum atomic E-state index is -0.444. The number of nitrogens with zero attached hydrogens (tertiary/aromatic N) is 3. The second-order valence-corrected chi connectivity index (χ2v) is 7.31. The van der Waals surface area contributed by atoms with E-state index in [1.165, 1.54) is 5.56 Å². The molecular weight excluding hydrogens is 324 g/mol. The Balaban J connectivity index is 1.51. The molecule has 6 nitrogen and oxygen atoms in total. The molecule has 1 unspecified atom stereocenters. The summed E-state index contributed by atoms with van der Waals surface area (Å²) >= 11 is 1.74. The Kier molecular flexibility index (Phi) is 4.15. The van der Waals surface area contributed by atoms with E-state index >= 15 is 0 Å². The number of likely N-dealkylation sites (N-methyl/N-ethyl adjacent to an activating group) is 1. The van der Waals surface area contributed by atoms with Crippen LogP contribution in [0.2, 0.25) is 0 Å². The van der Waals surface area contributed by atoms with Crippen LogP contribution in [0.1, 0.15) is 24.2 Å². The maximum Gasteiger partial charge on any atom is 0.250 e. The van der Waals surface area contributed by atoms with Crippen LogP contribution in [0.15, 0.2) is 29.2 Å². The van der Waals surface area contributed by atoms with Gasteiger partial charge in [0, 0.05) is 39.1 Å². The SMILES string of the molecule is CNC(=O)C1Cn2ccnc2C2(CCN(Cc3ccsc3)CC2)O1. The molecule has 7 heteroatoms. The molecule has 2 aliphatic heterocycles. The number of fused-ring (bicyclic) bond motifs is 2. The van der Waals surface area contributed by atoms with Crippen LogP contribution in [0.4, 0.5) is 0 Å². The average molecular weight is 346 g/mol. The van der Waals surface area contributed by atoms with Gasteiger partial charge in [0.1, 0.15) is 11.4 Å². The summed E-state index contributed by atoms with van der Waals surface area (Å²) in [5.41, 5.74) is 0.926. The Morgan fingerprint density at radius 3 is 3.04 bits per heavy atom. The maximum atomic E-state index is 12.1. The number of carbonyl (C=O) groups excluding carboxylic acids is 1. The molecule has 2 aromatic heterocycles. The first-order valence-electron chi connectivity index (χ1n) is 8.35. The predicted molar refractivity (Wildman–Crippen MR) is 91.7 cm³/mol. The molecule has 1 fully saturated rings. The Morgan fingerprint density at radius 2 is 2.33 bits per heavy atom. The van der Waals surface area contributed by atoms with Gasteiger partial charge in [0.05, 0.1) is 6.54 Å². The summed E-state index contributed by atoms with van der Waals surface area (Å²) in [6, 6.07) is 2.18. The molecule has 0 aromatic carbocycles. The van der Waals surface area contributed by atoms with E-state index in [0.29, 0.717) is 6.54 Å². The minimum absolute atomic E-state index is 0.0607. The zero-order valence-electron chi connectivity index (χ0n) is 13.8. The van der Waals surface area contributed by atoms with Crippen LogP contribution in [0.5, 0.6) is 0 Å². The van der Waals surface area contributed by atoms with Crippen molar-refractivity contribution in [2.24, 2.45) is 0 Å². The van der Waals surface area contributed by atoms with Crippen molar-refractivity contribution in [1.82, 2.24) is 19.8 Å². The van der Waals surface area contributed by atoms with Gasteiger partial charge >= 0.3 is 0 Å². The van der Waals surface area contributed by atoms with Crippen LogP contribution >= 0.6 is 11.3 Å². The van der Waals surface area contributed by atoms with Crippen molar-refractivity contribution >= 4 is 17.2 Å². The van der Waals surface area contributed by atoms with Crippen LogP contribution in [-0.2, 0) is 28.2 Å². The van der Waals surface area contributed by atoms with Crippen molar-refractivity contribution in [3.8, 4) is 0 Å². The standard InChI is InChI=1S/C17H22N4O2S/c1-18-15(22)14-11-21-8-5-19-16(21)17(23-14)3-6-20(7-4-17)10-13-2-9-24-12-13/h2,5,8-9,12,14H,3-4,6-7,10-11H2,1H3,(H,18,22). The molecule has 4 rings (SSSR count). The van der Waals surface area contributed by atoms with Gasteiger partial charge in [-0.3, -0.25) is 9.69 Å². The molecule has 1 amide bonds. The summed E-state index contributed by atoms with van der Waals surface area (Å²) in [7, 11) is 1.66. The number of nitrogens with one attached hydrogen (secondary N) is 1. The van der Waals surface area contributed by atoms with Gasteiger partial charge in [-0.15, -0.1) is 0 Å². The van der Waals surface area contributed by atoms with Crippen molar-refractivity contribution in [3.63, 3.8) is 0 Å². The van der Waals surface area contributed by atoms with Gasteiger partial charge < -0.3 is 14.6 Å². The fraction of sp³-hybridized carbons (Fsp3) is 0.529. The minimum Gasteiger partial charge on any atom is -0.357 e. The molecule has 24 heavy (non-hydrogen) atoms. The molecule has 0 radical (unpaired) electrons. The summed E-state index contributed by atoms with van der Waals surface area (Å²) in [4.78, 5) is 19.1. The lowest BCUT2D eigenvalue weighted by Crippen LogP contribution is -2.53. The molecule has 2 aromatic rings. The summed E-state index contributed by atoms with van der Waals surface area (Å²) < 4.78 is 8.40. The number of aromatic nitrogens is 2. The van der Waals surface area contributed by atoms with E-state index in [9.17, 15) is 4.79 Å². The van der Waals surface area contributed by atoms with Gasteiger partial charge in [-0.05, 0) is 35.2 Å². The number of likely N-dealkylation sites (tertiary alicyclic amines) is 1. The molecule has 1 spiro atoms. The number of rotatable bonds is 3. The fourth-order valence-electron chi connectivity index (χ4n) is 3.75. The molecule has 0 aliphatic carbocycles. The van der Waals surface area contributed by atoms with Gasteiger partial charge in [0.2, 0.25) is 0 Å². The van der Waals surface area contributed by atoms with Crippen LogP contribution in [0.25, 0.3) is 0 Å². The molecule has 0 bridgehead atoms. The molecule has 0 saturated carbocycles. The van der Waals surface area contributed by atoms with E-state index in [-0.39, 0.29) is 5.91 Å². The number of hydrogen-bond acceptors (Lipinski definition) is 5. The van der Waals surface area contributed by atoms with Crippen LogP contribution in [-0.4, -0.2) is 46.6 Å². The number of amides is 1. The second kappa shape index (κ2) is 6.31. The third-order valence-electron chi connectivity index (χ3n) is 5.04. The van der Waals surface area contributed by atoms with Crippen LogP contribution in [0, 0.1) is 0 Å². The topological polar surface area (TPSA) is 59.4 Å². The predicted octanol–water partition coefficient (Wildman–Crippen LogP) is 1.58. The zero-order valence-corrected chi connectivity index (χ0v) is 14.6. The fourth-order valence-corrected chi connectivity index (χ4v) is 4.41. The summed E-state index contributed by atoms with van der Waals surface area (Å²) in [6.45, 7) is 3.41. The number of ether oxygens (including phenoxy) is 1. The van der Waals surface area contributed by atoms with Crippen molar-refractivity contribution in [2.75, 3.05) is 20.1 Å². The molecule has 1 N–H and O–H groups in total. The van der Waals surface area contributed by atoms with Gasteiger partial charge in [-0.2, -0.15) is 11.3 Å². The summed E-state index contributed by atoms with van der Waals surface area (Å²) in [5.74, 6) is 0.910. The molecule has 4 heterocycles. The Labute approximate surface area is 145 Å². The van der Waals surface area contributed by atoms with Crippen molar-refractivity contribution in [3.05, 3.63) is 40.6 Å². The van der Waals surface area contributed by atoms with Crippen LogP contribution in [0.3, 0.4) is 0 Å². The Hall–Kier alpha value is -1.70. The summed E-state index contributed by atoms with van der Waals surface area (Å²) in [6.07, 6.45) is 5.04. The van der Waals surface area contributed by atoms with Gasteiger partial charge in [-0.25, -0.2) is 4.98 Å². The van der Waals surface area contributed by atoms with Crippen molar-refractivity contribution < 1.29 is 9.53 Å². The quantitative estimate of drug-likeness (QED) is 0.917. The Bertz CT molecular complexity index is 704.